The number of halogens is 2. The van der Waals surface area contributed by atoms with Gasteiger partial charge in [0.05, 0.1) is 5.02 Å². The average molecular weight is 326 g/mol. The van der Waals surface area contributed by atoms with Crippen LogP contribution in [0.15, 0.2) is 42.5 Å². The first-order valence-corrected chi connectivity index (χ1v) is 7.37. The van der Waals surface area contributed by atoms with Crippen LogP contribution in [0, 0.1) is 6.92 Å². The van der Waals surface area contributed by atoms with Gasteiger partial charge >= 0.3 is 0 Å². The summed E-state index contributed by atoms with van der Waals surface area (Å²) >= 11 is 11.9. The lowest BCUT2D eigenvalue weighted by molar-refractivity contribution is 0.117. The molecule has 0 amide bonds. The third-order valence-corrected chi connectivity index (χ3v) is 3.55. The molecule has 112 valence electrons. The molecular weight excluding hydrogens is 309 g/mol. The molecule has 0 aromatic heterocycles. The zero-order valence-corrected chi connectivity index (χ0v) is 13.2. The molecule has 3 nitrogen and oxygen atoms in total. The predicted molar refractivity (Wildman–Crippen MR) is 87.6 cm³/mol. The number of hydrogen-bond acceptors (Lipinski definition) is 3. The lowest BCUT2D eigenvalue weighted by Gasteiger charge is -2.15. The third kappa shape index (κ3) is 4.81. The molecule has 0 bridgehead atoms. The van der Waals surface area contributed by atoms with Crippen LogP contribution in [0.3, 0.4) is 0 Å². The zero-order valence-electron chi connectivity index (χ0n) is 11.6. The first kappa shape index (κ1) is 16.0. The van der Waals surface area contributed by atoms with Crippen LogP contribution in [0.2, 0.25) is 10.0 Å². The van der Waals surface area contributed by atoms with Gasteiger partial charge in [-0.1, -0.05) is 41.4 Å². The molecule has 0 heterocycles. The van der Waals surface area contributed by atoms with E-state index in [0.717, 1.165) is 11.3 Å². The number of para-hydroxylation sites is 1. The van der Waals surface area contributed by atoms with Crippen molar-refractivity contribution in [2.75, 3.05) is 18.5 Å². The van der Waals surface area contributed by atoms with Crippen LogP contribution < -0.4 is 10.1 Å². The molecule has 1 atom stereocenters. The summed E-state index contributed by atoms with van der Waals surface area (Å²) in [5.74, 6) is 0.471. The van der Waals surface area contributed by atoms with E-state index in [1.807, 2.05) is 31.2 Å². The van der Waals surface area contributed by atoms with E-state index in [9.17, 15) is 5.11 Å². The minimum absolute atomic E-state index is 0.138. The first-order chi connectivity index (χ1) is 10.1. The number of rotatable bonds is 6. The second-order valence-electron chi connectivity index (χ2n) is 4.74. The number of hydrogen-bond donors (Lipinski definition) is 2. The minimum atomic E-state index is -0.653. The summed E-state index contributed by atoms with van der Waals surface area (Å²) in [6.07, 6.45) is -0.653. The van der Waals surface area contributed by atoms with E-state index >= 15 is 0 Å². The second kappa shape index (κ2) is 7.55. The second-order valence-corrected chi connectivity index (χ2v) is 5.58. The maximum atomic E-state index is 9.96. The molecular formula is C16H17Cl2NO2. The Balaban J connectivity index is 1.84. The summed E-state index contributed by atoms with van der Waals surface area (Å²) in [5, 5.41) is 14.2. The highest BCUT2D eigenvalue weighted by Crippen LogP contribution is 2.27. The molecule has 0 aliphatic heterocycles. The highest BCUT2D eigenvalue weighted by atomic mass is 35.5. The molecule has 2 rings (SSSR count). The van der Waals surface area contributed by atoms with E-state index in [0.29, 0.717) is 22.3 Å². The number of aliphatic hydroxyl groups is 1. The predicted octanol–water partition coefficient (Wildman–Crippen LogP) is 4.15. The maximum absolute atomic E-state index is 9.96. The summed E-state index contributed by atoms with van der Waals surface area (Å²) in [7, 11) is 0. The van der Waals surface area contributed by atoms with Gasteiger partial charge in [-0.15, -0.1) is 0 Å². The molecule has 0 aliphatic carbocycles. The van der Waals surface area contributed by atoms with Crippen LogP contribution in [-0.2, 0) is 0 Å². The molecule has 2 N–H and O–H groups in total. The van der Waals surface area contributed by atoms with Crippen molar-refractivity contribution < 1.29 is 9.84 Å². The van der Waals surface area contributed by atoms with E-state index in [2.05, 4.69) is 5.32 Å². The molecule has 0 radical (unpaired) electrons. The summed E-state index contributed by atoms with van der Waals surface area (Å²) < 4.78 is 5.49. The number of benzene rings is 2. The third-order valence-electron chi connectivity index (χ3n) is 3.00. The van der Waals surface area contributed by atoms with Crippen molar-refractivity contribution in [3.05, 3.63) is 58.1 Å². The van der Waals surface area contributed by atoms with Gasteiger partial charge in [0, 0.05) is 23.3 Å². The Bertz CT molecular complexity index is 605. The Morgan fingerprint density at radius 1 is 1.19 bits per heavy atom. The van der Waals surface area contributed by atoms with Gasteiger partial charge in [0.15, 0.2) is 0 Å². The Hall–Kier alpha value is -1.42. The largest absolute Gasteiger partial charge is 0.489 e. The topological polar surface area (TPSA) is 41.5 Å². The van der Waals surface area contributed by atoms with Crippen molar-refractivity contribution in [2.24, 2.45) is 0 Å². The molecule has 0 saturated heterocycles. The summed E-state index contributed by atoms with van der Waals surface area (Å²) in [6, 6.07) is 12.9. The lowest BCUT2D eigenvalue weighted by Crippen LogP contribution is -2.26. The van der Waals surface area contributed by atoms with Crippen molar-refractivity contribution in [3.63, 3.8) is 0 Å². The van der Waals surface area contributed by atoms with E-state index in [1.54, 1.807) is 18.2 Å². The van der Waals surface area contributed by atoms with Crippen LogP contribution in [0.25, 0.3) is 0 Å². The highest BCUT2D eigenvalue weighted by Gasteiger charge is 2.08. The van der Waals surface area contributed by atoms with Crippen molar-refractivity contribution in [1.29, 1.82) is 0 Å². The van der Waals surface area contributed by atoms with Crippen molar-refractivity contribution in [2.45, 2.75) is 13.0 Å². The number of anilines is 1. The number of aryl methyl sites for hydroxylation is 1. The number of ether oxygens (including phenoxy) is 1. The first-order valence-electron chi connectivity index (χ1n) is 6.61. The zero-order chi connectivity index (χ0) is 15.2. The van der Waals surface area contributed by atoms with Gasteiger partial charge in [0.1, 0.15) is 18.5 Å². The monoisotopic (exact) mass is 325 g/mol. The van der Waals surface area contributed by atoms with Crippen molar-refractivity contribution >= 4 is 28.9 Å². The smallest absolute Gasteiger partial charge is 0.139 e. The average Bonchev–Trinajstić information content (AvgIpc) is 2.47. The van der Waals surface area contributed by atoms with Gasteiger partial charge in [-0.3, -0.25) is 0 Å². The lowest BCUT2D eigenvalue weighted by atomic mass is 10.2. The summed E-state index contributed by atoms with van der Waals surface area (Å²) in [5.41, 5.74) is 2.13. The van der Waals surface area contributed by atoms with Gasteiger partial charge in [0.2, 0.25) is 0 Å². The number of nitrogens with one attached hydrogen (secondary N) is 1. The Morgan fingerprint density at radius 3 is 2.71 bits per heavy atom. The molecule has 1 unspecified atom stereocenters. The van der Waals surface area contributed by atoms with Crippen LogP contribution in [0.1, 0.15) is 5.56 Å². The molecule has 0 saturated carbocycles. The van der Waals surface area contributed by atoms with Crippen LogP contribution in [-0.4, -0.2) is 24.4 Å². The van der Waals surface area contributed by atoms with Gasteiger partial charge in [-0.05, 0) is 30.7 Å². The van der Waals surface area contributed by atoms with E-state index in [-0.39, 0.29) is 6.61 Å². The van der Waals surface area contributed by atoms with E-state index < -0.39 is 6.10 Å². The van der Waals surface area contributed by atoms with Crippen molar-refractivity contribution in [1.82, 2.24) is 0 Å². The Morgan fingerprint density at radius 2 is 1.95 bits per heavy atom. The summed E-state index contributed by atoms with van der Waals surface area (Å²) in [4.78, 5) is 0. The van der Waals surface area contributed by atoms with Crippen LogP contribution in [0.5, 0.6) is 5.75 Å². The normalized spacial score (nSPS) is 12.0. The quantitative estimate of drug-likeness (QED) is 0.838. The van der Waals surface area contributed by atoms with Gasteiger partial charge in [-0.2, -0.15) is 0 Å². The Labute approximate surface area is 134 Å². The van der Waals surface area contributed by atoms with Crippen molar-refractivity contribution in [3.8, 4) is 5.75 Å². The van der Waals surface area contributed by atoms with Gasteiger partial charge in [-0.25, -0.2) is 0 Å². The van der Waals surface area contributed by atoms with E-state index in [1.165, 1.54) is 0 Å². The van der Waals surface area contributed by atoms with Crippen LogP contribution in [0.4, 0.5) is 5.69 Å². The SMILES string of the molecule is Cc1ccccc1NCC(O)COc1cc(Cl)ccc1Cl. The highest BCUT2D eigenvalue weighted by molar-refractivity contribution is 6.34. The molecule has 2 aromatic carbocycles. The fourth-order valence-corrected chi connectivity index (χ4v) is 2.17. The molecule has 0 fully saturated rings. The van der Waals surface area contributed by atoms with E-state index in [4.69, 9.17) is 27.9 Å². The summed E-state index contributed by atoms with van der Waals surface area (Å²) in [6.45, 7) is 2.54. The molecule has 2 aromatic rings. The van der Waals surface area contributed by atoms with Gasteiger partial charge < -0.3 is 15.2 Å². The molecule has 21 heavy (non-hydrogen) atoms. The molecule has 5 heteroatoms. The van der Waals surface area contributed by atoms with Gasteiger partial charge in [0.25, 0.3) is 0 Å². The molecule has 0 aliphatic rings. The standard InChI is InChI=1S/C16H17Cl2NO2/c1-11-4-2-3-5-15(11)19-9-13(20)10-21-16-8-12(17)6-7-14(16)18/h2-8,13,19-20H,9-10H2,1H3. The number of aliphatic hydroxyl groups excluding tert-OH is 1. The fraction of sp³-hybridized carbons (Fsp3) is 0.250. The minimum Gasteiger partial charge on any atom is -0.489 e. The van der Waals surface area contributed by atoms with Crippen LogP contribution >= 0.6 is 23.2 Å². The molecule has 0 spiro atoms. The maximum Gasteiger partial charge on any atom is 0.139 e. The Kier molecular flexibility index (Phi) is 5.74. The fourth-order valence-electron chi connectivity index (χ4n) is 1.83.